The number of hydrogen-bond acceptors (Lipinski definition) is 3. The summed E-state index contributed by atoms with van der Waals surface area (Å²) in [4.78, 5) is 24.1. The van der Waals surface area contributed by atoms with Crippen LogP contribution >= 0.6 is 23.2 Å². The van der Waals surface area contributed by atoms with Crippen molar-refractivity contribution in [3.05, 3.63) is 87.9 Å². The molecule has 0 heterocycles. The first-order chi connectivity index (χ1) is 12.9. The molecule has 0 saturated carbocycles. The van der Waals surface area contributed by atoms with Crippen LogP contribution in [0.15, 0.2) is 66.7 Å². The van der Waals surface area contributed by atoms with Crippen molar-refractivity contribution in [2.24, 2.45) is 5.73 Å². The highest BCUT2D eigenvalue weighted by Crippen LogP contribution is 2.31. The van der Waals surface area contributed by atoms with Gasteiger partial charge in [0.1, 0.15) is 11.5 Å². The van der Waals surface area contributed by atoms with E-state index < -0.39 is 6.03 Å². The van der Waals surface area contributed by atoms with Crippen LogP contribution in [0.3, 0.4) is 0 Å². The summed E-state index contributed by atoms with van der Waals surface area (Å²) in [5.74, 6) is 0.512. The highest BCUT2D eigenvalue weighted by Gasteiger charge is 2.16. The fourth-order valence-electron chi connectivity index (χ4n) is 2.49. The highest BCUT2D eigenvalue weighted by molar-refractivity contribution is 6.34. The molecule has 3 aromatic carbocycles. The molecule has 3 N–H and O–H groups in total. The Morgan fingerprint density at radius 2 is 1.52 bits per heavy atom. The minimum atomic E-state index is -0.771. The van der Waals surface area contributed by atoms with Gasteiger partial charge in [-0.05, 0) is 36.4 Å². The minimum Gasteiger partial charge on any atom is -0.457 e. The number of halogens is 2. The van der Waals surface area contributed by atoms with Crippen molar-refractivity contribution in [3.63, 3.8) is 0 Å². The van der Waals surface area contributed by atoms with Gasteiger partial charge in [-0.15, -0.1) is 0 Å². The Hall–Kier alpha value is -3.02. The summed E-state index contributed by atoms with van der Waals surface area (Å²) in [7, 11) is 0. The van der Waals surface area contributed by atoms with Crippen molar-refractivity contribution >= 4 is 40.7 Å². The van der Waals surface area contributed by atoms with Gasteiger partial charge in [0.05, 0.1) is 5.69 Å². The second-order valence-corrected chi connectivity index (χ2v) is 6.47. The second-order valence-electron chi connectivity index (χ2n) is 5.60. The summed E-state index contributed by atoms with van der Waals surface area (Å²) in [5.41, 5.74) is 6.20. The van der Waals surface area contributed by atoms with Crippen molar-refractivity contribution < 1.29 is 14.3 Å². The Balaban J connectivity index is 1.99. The van der Waals surface area contributed by atoms with E-state index in [4.69, 9.17) is 33.7 Å². The van der Waals surface area contributed by atoms with Gasteiger partial charge in [-0.3, -0.25) is 4.79 Å². The summed E-state index contributed by atoms with van der Waals surface area (Å²) < 4.78 is 5.76. The van der Waals surface area contributed by atoms with Gasteiger partial charge in [-0.1, -0.05) is 53.5 Å². The number of anilines is 1. The third kappa shape index (κ3) is 4.78. The number of ether oxygens (including phenoxy) is 1. The first-order valence-corrected chi connectivity index (χ1v) is 8.62. The van der Waals surface area contributed by atoms with Crippen LogP contribution in [0.2, 0.25) is 10.0 Å². The first-order valence-electron chi connectivity index (χ1n) is 7.86. The maximum atomic E-state index is 12.9. The number of primary amides is 1. The number of carbonyl (C=O) groups is 2. The molecule has 0 aliphatic rings. The standard InChI is InChI=1S/C20H14Cl2N2O3/c21-13-8-14(22)10-16(9-13)27-15-6-7-18(24-20(23)26)17(11-15)19(25)12-4-2-1-3-5-12/h1-11H,(H3,23,24,26). The molecule has 5 nitrogen and oxygen atoms in total. The van der Waals surface area contributed by atoms with E-state index in [0.717, 1.165) is 0 Å². The molecule has 0 aliphatic heterocycles. The number of nitrogens with two attached hydrogens (primary N) is 1. The van der Waals surface area contributed by atoms with E-state index in [0.29, 0.717) is 27.1 Å². The quantitative estimate of drug-likeness (QED) is 0.554. The molecular weight excluding hydrogens is 387 g/mol. The number of carbonyl (C=O) groups excluding carboxylic acids is 2. The lowest BCUT2D eigenvalue weighted by Gasteiger charge is -2.13. The van der Waals surface area contributed by atoms with Crippen molar-refractivity contribution in [3.8, 4) is 11.5 Å². The van der Waals surface area contributed by atoms with Crippen LogP contribution in [0.5, 0.6) is 11.5 Å². The zero-order valence-corrected chi connectivity index (χ0v) is 15.4. The molecule has 0 unspecified atom stereocenters. The second kappa shape index (κ2) is 8.12. The fraction of sp³-hybridized carbons (Fsp3) is 0. The van der Waals surface area contributed by atoms with Crippen LogP contribution in [0.4, 0.5) is 10.5 Å². The Bertz CT molecular complexity index is 987. The van der Waals surface area contributed by atoms with E-state index in [9.17, 15) is 9.59 Å². The predicted molar refractivity (Wildman–Crippen MR) is 106 cm³/mol. The molecule has 0 aromatic heterocycles. The van der Waals surface area contributed by atoms with Crippen LogP contribution in [-0.4, -0.2) is 11.8 Å². The molecule has 0 saturated heterocycles. The van der Waals surface area contributed by atoms with Crippen molar-refractivity contribution in [2.45, 2.75) is 0 Å². The van der Waals surface area contributed by atoms with E-state index in [1.165, 1.54) is 6.07 Å². The average Bonchev–Trinajstić information content (AvgIpc) is 2.62. The molecular formula is C20H14Cl2N2O3. The predicted octanol–water partition coefficient (Wildman–Crippen LogP) is 5.51. The summed E-state index contributed by atoms with van der Waals surface area (Å²) in [6.45, 7) is 0. The number of amides is 2. The Morgan fingerprint density at radius 1 is 0.852 bits per heavy atom. The van der Waals surface area contributed by atoms with Crippen LogP contribution in [0.1, 0.15) is 15.9 Å². The molecule has 27 heavy (non-hydrogen) atoms. The lowest BCUT2D eigenvalue weighted by atomic mass is 10.0. The van der Waals surface area contributed by atoms with Gasteiger partial charge >= 0.3 is 6.03 Å². The van der Waals surface area contributed by atoms with E-state index in [1.807, 2.05) is 6.07 Å². The van der Waals surface area contributed by atoms with E-state index in [1.54, 1.807) is 54.6 Å². The van der Waals surface area contributed by atoms with Gasteiger partial charge in [-0.25, -0.2) is 4.79 Å². The number of ketones is 1. The van der Waals surface area contributed by atoms with Gasteiger partial charge in [0.2, 0.25) is 0 Å². The van der Waals surface area contributed by atoms with Crippen LogP contribution in [0, 0.1) is 0 Å². The fourth-order valence-corrected chi connectivity index (χ4v) is 2.99. The number of hydrogen-bond donors (Lipinski definition) is 2. The smallest absolute Gasteiger partial charge is 0.316 e. The zero-order valence-electron chi connectivity index (χ0n) is 13.9. The third-order valence-electron chi connectivity index (χ3n) is 3.60. The van der Waals surface area contributed by atoms with Crippen LogP contribution in [0.25, 0.3) is 0 Å². The highest BCUT2D eigenvalue weighted by atomic mass is 35.5. The van der Waals surface area contributed by atoms with Crippen molar-refractivity contribution in [1.29, 1.82) is 0 Å². The molecule has 0 bridgehead atoms. The molecule has 2 amide bonds. The lowest BCUT2D eigenvalue weighted by Crippen LogP contribution is -2.21. The minimum absolute atomic E-state index is 0.241. The maximum Gasteiger partial charge on any atom is 0.316 e. The maximum absolute atomic E-state index is 12.9. The normalized spacial score (nSPS) is 10.3. The summed E-state index contributed by atoms with van der Waals surface area (Å²) in [6.07, 6.45) is 0. The lowest BCUT2D eigenvalue weighted by molar-refractivity contribution is 0.103. The monoisotopic (exact) mass is 400 g/mol. The summed E-state index contributed by atoms with van der Waals surface area (Å²) in [5, 5.41) is 3.30. The number of benzene rings is 3. The number of rotatable bonds is 5. The molecule has 0 atom stereocenters. The Labute approximate surface area is 165 Å². The molecule has 0 fully saturated rings. The van der Waals surface area contributed by atoms with Gasteiger partial charge in [0.15, 0.2) is 5.78 Å². The van der Waals surface area contributed by atoms with Gasteiger partial charge < -0.3 is 15.8 Å². The van der Waals surface area contributed by atoms with Crippen molar-refractivity contribution in [2.75, 3.05) is 5.32 Å². The Kier molecular flexibility index (Phi) is 5.64. The van der Waals surface area contributed by atoms with Gasteiger partial charge in [0.25, 0.3) is 0 Å². The molecule has 0 aliphatic carbocycles. The SMILES string of the molecule is NC(=O)Nc1ccc(Oc2cc(Cl)cc(Cl)c2)cc1C(=O)c1ccccc1. The summed E-state index contributed by atoms with van der Waals surface area (Å²) >= 11 is 12.0. The Morgan fingerprint density at radius 3 is 2.15 bits per heavy atom. The number of nitrogens with one attached hydrogen (secondary N) is 1. The topological polar surface area (TPSA) is 81.4 Å². The third-order valence-corrected chi connectivity index (χ3v) is 4.04. The molecule has 136 valence electrons. The zero-order chi connectivity index (χ0) is 19.4. The molecule has 7 heteroatoms. The van der Waals surface area contributed by atoms with Gasteiger partial charge in [0, 0.05) is 21.2 Å². The van der Waals surface area contributed by atoms with Crippen LogP contribution < -0.4 is 15.8 Å². The van der Waals surface area contributed by atoms with Gasteiger partial charge in [-0.2, -0.15) is 0 Å². The molecule has 0 radical (unpaired) electrons. The van der Waals surface area contributed by atoms with E-state index >= 15 is 0 Å². The number of urea groups is 1. The van der Waals surface area contributed by atoms with Crippen LogP contribution in [-0.2, 0) is 0 Å². The first kappa shape index (κ1) is 18.8. The average molecular weight is 401 g/mol. The molecule has 3 rings (SSSR count). The van der Waals surface area contributed by atoms with E-state index in [-0.39, 0.29) is 17.0 Å². The molecule has 3 aromatic rings. The van der Waals surface area contributed by atoms with E-state index in [2.05, 4.69) is 5.32 Å². The molecule has 0 spiro atoms. The largest absolute Gasteiger partial charge is 0.457 e. The summed E-state index contributed by atoms with van der Waals surface area (Å²) in [6, 6.07) is 17.4. The van der Waals surface area contributed by atoms with Crippen molar-refractivity contribution in [1.82, 2.24) is 0 Å².